The van der Waals surface area contributed by atoms with Crippen LogP contribution in [0.3, 0.4) is 0 Å². The van der Waals surface area contributed by atoms with Gasteiger partial charge in [0.1, 0.15) is 6.54 Å². The van der Waals surface area contributed by atoms with Crippen LogP contribution in [-0.2, 0) is 17.8 Å². The van der Waals surface area contributed by atoms with Gasteiger partial charge in [0.2, 0.25) is 5.91 Å². The molecule has 116 valence electrons. The third kappa shape index (κ3) is 3.85. The van der Waals surface area contributed by atoms with Crippen LogP contribution in [0.2, 0.25) is 5.02 Å². The molecule has 3 heterocycles. The molecule has 0 spiro atoms. The number of piperidine rings is 1. The van der Waals surface area contributed by atoms with Crippen molar-refractivity contribution >= 4 is 17.5 Å². The minimum atomic E-state index is 0.102. The molecular formula is C16H19ClN4O. The third-order valence-corrected chi connectivity index (χ3v) is 4.19. The van der Waals surface area contributed by atoms with Crippen LogP contribution in [0.4, 0.5) is 0 Å². The molecule has 1 unspecified atom stereocenters. The molecule has 2 aromatic rings. The maximum atomic E-state index is 12.4. The van der Waals surface area contributed by atoms with E-state index in [1.165, 1.54) is 0 Å². The van der Waals surface area contributed by atoms with E-state index < -0.39 is 0 Å². The molecule has 1 atom stereocenters. The summed E-state index contributed by atoms with van der Waals surface area (Å²) in [5, 5.41) is 4.62. The highest BCUT2D eigenvalue weighted by Gasteiger charge is 2.24. The van der Waals surface area contributed by atoms with Gasteiger partial charge in [-0.1, -0.05) is 17.7 Å². The zero-order chi connectivity index (χ0) is 15.4. The van der Waals surface area contributed by atoms with Gasteiger partial charge in [-0.15, -0.1) is 0 Å². The molecule has 0 bridgehead atoms. The maximum Gasteiger partial charge on any atom is 0.244 e. The lowest BCUT2D eigenvalue weighted by molar-refractivity contribution is -0.133. The predicted octanol–water partition coefficient (Wildman–Crippen LogP) is 2.41. The monoisotopic (exact) mass is 318 g/mol. The lowest BCUT2D eigenvalue weighted by Gasteiger charge is -2.32. The Hall–Kier alpha value is -1.88. The molecule has 22 heavy (non-hydrogen) atoms. The minimum absolute atomic E-state index is 0.102. The molecule has 0 radical (unpaired) electrons. The summed E-state index contributed by atoms with van der Waals surface area (Å²) in [5.41, 5.74) is 1.10. The number of rotatable bonds is 4. The fourth-order valence-corrected chi connectivity index (χ4v) is 3.09. The molecular weight excluding hydrogens is 300 g/mol. The molecule has 2 aromatic heterocycles. The number of hydrogen-bond acceptors (Lipinski definition) is 3. The average molecular weight is 319 g/mol. The van der Waals surface area contributed by atoms with Gasteiger partial charge in [-0.3, -0.25) is 14.5 Å². The van der Waals surface area contributed by atoms with E-state index in [-0.39, 0.29) is 12.5 Å². The number of pyridine rings is 1. The van der Waals surface area contributed by atoms with Gasteiger partial charge in [0.05, 0.1) is 11.2 Å². The van der Waals surface area contributed by atoms with Crippen LogP contribution in [0.25, 0.3) is 0 Å². The van der Waals surface area contributed by atoms with Crippen molar-refractivity contribution < 1.29 is 4.79 Å². The largest absolute Gasteiger partial charge is 0.341 e. The van der Waals surface area contributed by atoms with E-state index in [0.717, 1.165) is 38.0 Å². The van der Waals surface area contributed by atoms with E-state index >= 15 is 0 Å². The first-order valence-corrected chi connectivity index (χ1v) is 7.94. The second-order valence-corrected chi connectivity index (χ2v) is 6.17. The number of aromatic nitrogens is 3. The Morgan fingerprint density at radius 3 is 3.05 bits per heavy atom. The van der Waals surface area contributed by atoms with E-state index in [4.69, 9.17) is 11.6 Å². The Bertz CT molecular complexity index is 628. The molecule has 1 saturated heterocycles. The average Bonchev–Trinajstić information content (AvgIpc) is 2.93. The fraction of sp³-hybridized carbons (Fsp3) is 0.438. The standard InChI is InChI=1S/C16H19ClN4O/c17-14-9-19-21(11-14)12-16(22)20-7-3-4-13(10-20)8-15-5-1-2-6-18-15/h1-2,5-6,9,11,13H,3-4,7-8,10,12H2. The Labute approximate surface area is 134 Å². The highest BCUT2D eigenvalue weighted by molar-refractivity contribution is 6.30. The van der Waals surface area contributed by atoms with Gasteiger partial charge < -0.3 is 4.90 Å². The van der Waals surface area contributed by atoms with E-state index in [1.54, 1.807) is 17.1 Å². The molecule has 1 amide bonds. The SMILES string of the molecule is O=C(Cn1cc(Cl)cn1)N1CCCC(Cc2ccccn2)C1. The van der Waals surface area contributed by atoms with Crippen LogP contribution >= 0.6 is 11.6 Å². The van der Waals surface area contributed by atoms with Crippen molar-refractivity contribution in [2.45, 2.75) is 25.8 Å². The third-order valence-electron chi connectivity index (χ3n) is 3.99. The van der Waals surface area contributed by atoms with E-state index in [9.17, 15) is 4.79 Å². The predicted molar refractivity (Wildman–Crippen MR) is 84.5 cm³/mol. The van der Waals surface area contributed by atoms with Crippen molar-refractivity contribution in [3.05, 3.63) is 47.5 Å². The highest BCUT2D eigenvalue weighted by Crippen LogP contribution is 2.20. The molecule has 0 aromatic carbocycles. The van der Waals surface area contributed by atoms with Gasteiger partial charge >= 0.3 is 0 Å². The summed E-state index contributed by atoms with van der Waals surface area (Å²) in [6.45, 7) is 1.87. The van der Waals surface area contributed by atoms with Crippen LogP contribution in [0.5, 0.6) is 0 Å². The Balaban J connectivity index is 1.57. The number of halogens is 1. The number of likely N-dealkylation sites (tertiary alicyclic amines) is 1. The van der Waals surface area contributed by atoms with Crippen LogP contribution in [0.15, 0.2) is 36.8 Å². The molecule has 0 N–H and O–H groups in total. The topological polar surface area (TPSA) is 51.0 Å². The van der Waals surface area contributed by atoms with Gasteiger partial charge in [0.15, 0.2) is 0 Å². The number of amides is 1. The van der Waals surface area contributed by atoms with Crippen molar-refractivity contribution in [2.24, 2.45) is 5.92 Å². The summed E-state index contributed by atoms with van der Waals surface area (Å²) in [5.74, 6) is 0.583. The molecule has 1 aliphatic rings. The first kappa shape index (κ1) is 15.0. The van der Waals surface area contributed by atoms with E-state index in [1.807, 2.05) is 29.3 Å². The van der Waals surface area contributed by atoms with Gasteiger partial charge in [-0.2, -0.15) is 5.10 Å². The minimum Gasteiger partial charge on any atom is -0.341 e. The second-order valence-electron chi connectivity index (χ2n) is 5.73. The van der Waals surface area contributed by atoms with Crippen LogP contribution < -0.4 is 0 Å². The zero-order valence-electron chi connectivity index (χ0n) is 12.4. The number of carbonyl (C=O) groups excluding carboxylic acids is 1. The van der Waals surface area contributed by atoms with Crippen molar-refractivity contribution in [2.75, 3.05) is 13.1 Å². The molecule has 0 saturated carbocycles. The van der Waals surface area contributed by atoms with Gasteiger partial charge in [0, 0.05) is 31.2 Å². The van der Waals surface area contributed by atoms with E-state index in [2.05, 4.69) is 10.1 Å². The molecule has 1 aliphatic heterocycles. The molecule has 0 aliphatic carbocycles. The smallest absolute Gasteiger partial charge is 0.244 e. The summed E-state index contributed by atoms with van der Waals surface area (Å²) in [6.07, 6.45) is 8.17. The summed E-state index contributed by atoms with van der Waals surface area (Å²) in [7, 11) is 0. The van der Waals surface area contributed by atoms with Gasteiger partial charge in [-0.05, 0) is 37.3 Å². The van der Waals surface area contributed by atoms with Gasteiger partial charge in [-0.25, -0.2) is 0 Å². The zero-order valence-corrected chi connectivity index (χ0v) is 13.1. The normalized spacial score (nSPS) is 18.4. The van der Waals surface area contributed by atoms with Crippen molar-refractivity contribution in [3.8, 4) is 0 Å². The van der Waals surface area contributed by atoms with Crippen molar-refractivity contribution in [1.82, 2.24) is 19.7 Å². The maximum absolute atomic E-state index is 12.4. The Morgan fingerprint density at radius 2 is 2.32 bits per heavy atom. The summed E-state index contributed by atoms with van der Waals surface area (Å²) < 4.78 is 1.59. The van der Waals surface area contributed by atoms with Crippen LogP contribution in [-0.4, -0.2) is 38.7 Å². The first-order chi connectivity index (χ1) is 10.7. The van der Waals surface area contributed by atoms with E-state index in [0.29, 0.717) is 10.9 Å². The van der Waals surface area contributed by atoms with Crippen LogP contribution in [0.1, 0.15) is 18.5 Å². The second kappa shape index (κ2) is 6.92. The molecule has 5 nitrogen and oxygen atoms in total. The summed E-state index contributed by atoms with van der Waals surface area (Å²) in [6, 6.07) is 5.98. The summed E-state index contributed by atoms with van der Waals surface area (Å²) >= 11 is 5.83. The number of nitrogens with zero attached hydrogens (tertiary/aromatic N) is 4. The summed E-state index contributed by atoms with van der Waals surface area (Å²) in [4.78, 5) is 18.7. The lowest BCUT2D eigenvalue weighted by Crippen LogP contribution is -2.42. The van der Waals surface area contributed by atoms with Crippen molar-refractivity contribution in [3.63, 3.8) is 0 Å². The lowest BCUT2D eigenvalue weighted by atomic mass is 9.93. The fourth-order valence-electron chi connectivity index (χ4n) is 2.94. The Morgan fingerprint density at radius 1 is 1.41 bits per heavy atom. The molecule has 6 heteroatoms. The number of carbonyl (C=O) groups is 1. The number of hydrogen-bond donors (Lipinski definition) is 0. The van der Waals surface area contributed by atoms with Gasteiger partial charge in [0.25, 0.3) is 0 Å². The molecule has 1 fully saturated rings. The van der Waals surface area contributed by atoms with Crippen LogP contribution in [0, 0.1) is 5.92 Å². The Kier molecular flexibility index (Phi) is 4.73. The quantitative estimate of drug-likeness (QED) is 0.870. The molecule has 3 rings (SSSR count). The first-order valence-electron chi connectivity index (χ1n) is 7.56. The van der Waals surface area contributed by atoms with Crippen molar-refractivity contribution in [1.29, 1.82) is 0 Å². The highest BCUT2D eigenvalue weighted by atomic mass is 35.5.